The number of aliphatic hydroxyl groups excluding tert-OH is 6. The second-order valence-corrected chi connectivity index (χ2v) is 8.23. The van der Waals surface area contributed by atoms with Gasteiger partial charge in [-0.05, 0) is 12.8 Å². The lowest BCUT2D eigenvalue weighted by Gasteiger charge is -2.47. The number of rotatable bonds is 10. The van der Waals surface area contributed by atoms with E-state index >= 15 is 0 Å². The topological polar surface area (TPSA) is 207 Å². The zero-order chi connectivity index (χ0) is 24.7. The summed E-state index contributed by atoms with van der Waals surface area (Å²) < 4.78 is 16.6. The normalized spacial score (nSPS) is 39.2. The fourth-order valence-corrected chi connectivity index (χ4v) is 3.88. The van der Waals surface area contributed by atoms with Crippen LogP contribution in [-0.2, 0) is 23.8 Å². The Bertz CT molecular complexity index is 639. The lowest BCUT2D eigenvalue weighted by atomic mass is 9.94. The lowest BCUT2D eigenvalue weighted by molar-refractivity contribution is -0.327. The van der Waals surface area contributed by atoms with E-state index in [1.807, 2.05) is 0 Å². The summed E-state index contributed by atoms with van der Waals surface area (Å²) in [6.07, 6.45) is -10.4. The molecule has 10 atom stereocenters. The molecule has 8 N–H and O–H groups in total. The van der Waals surface area contributed by atoms with Crippen LogP contribution >= 0.6 is 0 Å². The number of ether oxygens (including phenoxy) is 3. The zero-order valence-corrected chi connectivity index (χ0v) is 18.7. The van der Waals surface area contributed by atoms with Gasteiger partial charge >= 0.3 is 0 Å². The zero-order valence-electron chi connectivity index (χ0n) is 18.7. The number of hydrogen-bond acceptors (Lipinski definition) is 11. The van der Waals surface area contributed by atoms with Crippen LogP contribution in [0.5, 0.6) is 0 Å². The summed E-state index contributed by atoms with van der Waals surface area (Å²) in [7, 11) is 0. The molecule has 2 amide bonds. The number of carbonyl (C=O) groups is 2. The van der Waals surface area contributed by atoms with Gasteiger partial charge in [-0.15, -0.1) is 0 Å². The van der Waals surface area contributed by atoms with Crippen LogP contribution in [0.15, 0.2) is 0 Å². The smallest absolute Gasteiger partial charge is 0.220 e. The van der Waals surface area contributed by atoms with Gasteiger partial charge in [0.05, 0.1) is 13.2 Å². The minimum Gasteiger partial charge on any atom is -0.394 e. The Hall–Kier alpha value is -1.42. The van der Waals surface area contributed by atoms with Crippen molar-refractivity contribution >= 4 is 11.8 Å². The van der Waals surface area contributed by atoms with E-state index in [1.54, 1.807) is 13.8 Å². The van der Waals surface area contributed by atoms with Gasteiger partial charge in [-0.3, -0.25) is 9.59 Å². The number of hydrogen-bond donors (Lipinski definition) is 8. The molecule has 2 heterocycles. The number of carbonyl (C=O) groups excluding carboxylic acids is 2. The summed E-state index contributed by atoms with van der Waals surface area (Å²) in [4.78, 5) is 24.2. The summed E-state index contributed by atoms with van der Waals surface area (Å²) in [5, 5.41) is 66.0. The molecule has 192 valence electrons. The van der Waals surface area contributed by atoms with E-state index in [-0.39, 0.29) is 12.8 Å². The molecule has 0 bridgehead atoms. The first-order valence-corrected chi connectivity index (χ1v) is 11.2. The van der Waals surface area contributed by atoms with Gasteiger partial charge < -0.3 is 55.5 Å². The Kier molecular flexibility index (Phi) is 10.9. The molecule has 33 heavy (non-hydrogen) atoms. The molecule has 2 fully saturated rings. The number of nitrogens with one attached hydrogen (secondary N) is 2. The van der Waals surface area contributed by atoms with Crippen molar-refractivity contribution in [2.24, 2.45) is 0 Å². The van der Waals surface area contributed by atoms with Gasteiger partial charge in [0.15, 0.2) is 12.6 Å². The summed E-state index contributed by atoms with van der Waals surface area (Å²) >= 11 is 0. The van der Waals surface area contributed by atoms with Crippen LogP contribution in [0.2, 0.25) is 0 Å². The predicted molar refractivity (Wildman–Crippen MR) is 110 cm³/mol. The Morgan fingerprint density at radius 2 is 1.33 bits per heavy atom. The van der Waals surface area contributed by atoms with Crippen molar-refractivity contribution in [2.75, 3.05) is 13.2 Å². The lowest BCUT2D eigenvalue weighted by Crippen LogP contribution is -2.69. The van der Waals surface area contributed by atoms with Gasteiger partial charge in [-0.1, -0.05) is 13.8 Å². The maximum Gasteiger partial charge on any atom is 0.220 e. The van der Waals surface area contributed by atoms with Crippen molar-refractivity contribution in [1.29, 1.82) is 0 Å². The van der Waals surface area contributed by atoms with Gasteiger partial charge in [-0.2, -0.15) is 0 Å². The quantitative estimate of drug-likeness (QED) is 0.153. The average molecular weight is 481 g/mol. The fourth-order valence-electron chi connectivity index (χ4n) is 3.88. The van der Waals surface area contributed by atoms with E-state index in [0.717, 1.165) is 0 Å². The van der Waals surface area contributed by atoms with E-state index in [0.29, 0.717) is 12.8 Å². The molecule has 0 radical (unpaired) electrons. The van der Waals surface area contributed by atoms with Crippen LogP contribution in [0.4, 0.5) is 0 Å². The highest BCUT2D eigenvalue weighted by atomic mass is 16.7. The van der Waals surface area contributed by atoms with Gasteiger partial charge in [0, 0.05) is 12.8 Å². The Morgan fingerprint density at radius 3 is 1.85 bits per heavy atom. The first-order valence-electron chi connectivity index (χ1n) is 11.2. The molecule has 0 aliphatic carbocycles. The molecule has 0 aromatic carbocycles. The molecule has 2 saturated heterocycles. The molecular weight excluding hydrogens is 444 g/mol. The van der Waals surface area contributed by atoms with Crippen LogP contribution in [0.3, 0.4) is 0 Å². The average Bonchev–Trinajstić information content (AvgIpc) is 2.77. The van der Waals surface area contributed by atoms with Crippen LogP contribution < -0.4 is 10.6 Å². The van der Waals surface area contributed by atoms with Gasteiger partial charge in [0.1, 0.15) is 48.7 Å². The molecule has 2 aliphatic rings. The summed E-state index contributed by atoms with van der Waals surface area (Å²) in [5.74, 6) is -0.893. The second kappa shape index (κ2) is 12.9. The minimum atomic E-state index is -1.64. The fraction of sp³-hybridized carbons (Fsp3) is 0.900. The Labute approximate surface area is 191 Å². The van der Waals surface area contributed by atoms with Crippen molar-refractivity contribution in [3.8, 4) is 0 Å². The maximum absolute atomic E-state index is 12.2. The van der Waals surface area contributed by atoms with E-state index in [4.69, 9.17) is 14.2 Å². The van der Waals surface area contributed by atoms with Crippen molar-refractivity contribution < 1.29 is 54.4 Å². The minimum absolute atomic E-state index is 0.127. The monoisotopic (exact) mass is 480 g/mol. The van der Waals surface area contributed by atoms with Crippen LogP contribution in [0.1, 0.15) is 39.5 Å². The molecule has 0 aromatic rings. The number of aliphatic hydroxyl groups is 6. The molecule has 0 aromatic heterocycles. The van der Waals surface area contributed by atoms with Gasteiger partial charge in [0.25, 0.3) is 0 Å². The van der Waals surface area contributed by atoms with Crippen molar-refractivity contribution in [3.63, 3.8) is 0 Å². The molecule has 2 rings (SSSR count). The standard InChI is InChI=1S/C20H36N2O11/c1-3-5-11(25)21-13-17(29)18(10(8-24)31-19(13)30)33-20-14(22-12(26)6-4-2)16(28)15(27)9(7-23)32-20/h9-10,13-20,23-24,27-30H,3-8H2,1-2H3,(H,21,25)(H,22,26)/t9-,10-,13-,14-,15-,16-,17-,18-,19?,20?/m1/s1. The largest absolute Gasteiger partial charge is 0.394 e. The predicted octanol–water partition coefficient (Wildman–Crippen LogP) is -3.55. The highest BCUT2D eigenvalue weighted by Gasteiger charge is 2.51. The highest BCUT2D eigenvalue weighted by Crippen LogP contribution is 2.29. The molecule has 13 nitrogen and oxygen atoms in total. The Balaban J connectivity index is 2.26. The summed E-state index contributed by atoms with van der Waals surface area (Å²) in [6, 6.07) is -2.58. The van der Waals surface area contributed by atoms with E-state index in [1.165, 1.54) is 0 Å². The first kappa shape index (κ1) is 27.8. The van der Waals surface area contributed by atoms with Crippen molar-refractivity contribution in [1.82, 2.24) is 10.6 Å². The third-order valence-corrected chi connectivity index (χ3v) is 5.65. The molecule has 0 saturated carbocycles. The Morgan fingerprint density at radius 1 is 0.788 bits per heavy atom. The molecule has 2 unspecified atom stereocenters. The highest BCUT2D eigenvalue weighted by molar-refractivity contribution is 5.76. The van der Waals surface area contributed by atoms with E-state index in [9.17, 15) is 40.2 Å². The second-order valence-electron chi connectivity index (χ2n) is 8.23. The molecule has 13 heteroatoms. The van der Waals surface area contributed by atoms with Crippen LogP contribution in [-0.4, -0.2) is 117 Å². The van der Waals surface area contributed by atoms with Crippen molar-refractivity contribution in [3.05, 3.63) is 0 Å². The SMILES string of the molecule is CCCC(=O)N[C@H]1C(O[C@H]2[C@H](O)[C@@H](NC(=O)CCC)C(O)O[C@@H]2CO)O[C@H](CO)[C@@H](O)[C@@H]1O. The maximum atomic E-state index is 12.2. The van der Waals surface area contributed by atoms with Crippen LogP contribution in [0, 0.1) is 0 Å². The molecule has 2 aliphatic heterocycles. The van der Waals surface area contributed by atoms with E-state index < -0.39 is 86.3 Å². The van der Waals surface area contributed by atoms with Gasteiger partial charge in [0.2, 0.25) is 11.8 Å². The van der Waals surface area contributed by atoms with E-state index in [2.05, 4.69) is 10.6 Å². The van der Waals surface area contributed by atoms with Crippen LogP contribution in [0.25, 0.3) is 0 Å². The van der Waals surface area contributed by atoms with Gasteiger partial charge in [-0.25, -0.2) is 0 Å². The third kappa shape index (κ3) is 6.81. The number of amides is 2. The summed E-state index contributed by atoms with van der Waals surface area (Å²) in [6.45, 7) is 2.21. The third-order valence-electron chi connectivity index (χ3n) is 5.65. The first-order chi connectivity index (χ1) is 15.7. The van der Waals surface area contributed by atoms with Crippen molar-refractivity contribution in [2.45, 2.75) is 101 Å². The molecular formula is C20H36N2O11. The molecule has 0 spiro atoms. The summed E-state index contributed by atoms with van der Waals surface area (Å²) in [5.41, 5.74) is 0.